The molecule has 0 saturated heterocycles. The van der Waals surface area contributed by atoms with E-state index in [-0.39, 0.29) is 5.69 Å². The van der Waals surface area contributed by atoms with E-state index in [2.05, 4.69) is 23.2 Å². The van der Waals surface area contributed by atoms with Crippen LogP contribution in [0.3, 0.4) is 0 Å². The molecule has 21 heavy (non-hydrogen) atoms. The van der Waals surface area contributed by atoms with Crippen molar-refractivity contribution in [1.82, 2.24) is 15.0 Å². The molecule has 3 rings (SSSR count). The average Bonchev–Trinajstić information content (AvgIpc) is 2.85. The fraction of sp³-hybridized carbons (Fsp3) is 0.200. The third kappa shape index (κ3) is 2.24. The van der Waals surface area contributed by atoms with Crippen molar-refractivity contribution >= 4 is 16.7 Å². The molecule has 0 unspecified atom stereocenters. The minimum absolute atomic E-state index is 0.0198. The summed E-state index contributed by atoms with van der Waals surface area (Å²) >= 11 is 0. The van der Waals surface area contributed by atoms with Crippen LogP contribution in [0.5, 0.6) is 0 Å². The zero-order valence-electron chi connectivity index (χ0n) is 12.0. The smallest absolute Gasteiger partial charge is 0.258 e. The first-order chi connectivity index (χ1) is 9.95. The number of aryl methyl sites for hydroxylation is 3. The van der Waals surface area contributed by atoms with E-state index in [0.717, 1.165) is 16.8 Å². The van der Waals surface area contributed by atoms with Gasteiger partial charge >= 0.3 is 0 Å². The molecule has 0 N–H and O–H groups in total. The van der Waals surface area contributed by atoms with E-state index >= 15 is 0 Å². The van der Waals surface area contributed by atoms with E-state index in [1.54, 1.807) is 6.07 Å². The molecular formula is C15H14N4O2. The van der Waals surface area contributed by atoms with Gasteiger partial charge in [0.1, 0.15) is 11.0 Å². The molecule has 1 heterocycles. The van der Waals surface area contributed by atoms with E-state index in [4.69, 9.17) is 0 Å². The highest BCUT2D eigenvalue weighted by atomic mass is 16.6. The van der Waals surface area contributed by atoms with Crippen molar-refractivity contribution in [2.45, 2.75) is 20.8 Å². The summed E-state index contributed by atoms with van der Waals surface area (Å²) in [7, 11) is 0. The molecule has 0 bridgehead atoms. The molecule has 3 aromatic rings. The Morgan fingerprint density at radius 2 is 1.62 bits per heavy atom. The van der Waals surface area contributed by atoms with Crippen LogP contribution < -0.4 is 0 Å². The second-order valence-electron chi connectivity index (χ2n) is 5.14. The number of fused-ring (bicyclic) bond motifs is 1. The summed E-state index contributed by atoms with van der Waals surface area (Å²) in [5.41, 5.74) is 5.49. The Hall–Kier alpha value is -2.76. The molecule has 0 aliphatic carbocycles. The molecule has 0 aliphatic heterocycles. The van der Waals surface area contributed by atoms with Gasteiger partial charge in [0, 0.05) is 12.1 Å². The minimum atomic E-state index is -0.431. The molecule has 0 spiro atoms. The number of nitrogens with zero attached hydrogens (tertiary/aromatic N) is 4. The van der Waals surface area contributed by atoms with Crippen LogP contribution in [-0.2, 0) is 0 Å². The van der Waals surface area contributed by atoms with Crippen molar-refractivity contribution in [1.29, 1.82) is 0 Å². The first-order valence-corrected chi connectivity index (χ1v) is 6.55. The van der Waals surface area contributed by atoms with Crippen LogP contribution in [0.15, 0.2) is 30.3 Å². The summed E-state index contributed by atoms with van der Waals surface area (Å²) in [6.07, 6.45) is 0. The number of nitro benzene ring substituents is 1. The topological polar surface area (TPSA) is 73.8 Å². The molecule has 0 fully saturated rings. The van der Waals surface area contributed by atoms with Crippen molar-refractivity contribution in [2.75, 3.05) is 0 Å². The predicted octanol–water partition coefficient (Wildman–Crippen LogP) is 3.25. The maximum Gasteiger partial charge on any atom is 0.271 e. The van der Waals surface area contributed by atoms with Gasteiger partial charge in [0.15, 0.2) is 0 Å². The van der Waals surface area contributed by atoms with Gasteiger partial charge in [-0.2, -0.15) is 4.80 Å². The van der Waals surface area contributed by atoms with Gasteiger partial charge in [-0.25, -0.2) is 0 Å². The van der Waals surface area contributed by atoms with Gasteiger partial charge in [-0.15, -0.1) is 10.2 Å². The number of aromatic nitrogens is 3. The predicted molar refractivity (Wildman–Crippen MR) is 79.7 cm³/mol. The van der Waals surface area contributed by atoms with E-state index in [9.17, 15) is 10.1 Å². The normalized spacial score (nSPS) is 11.0. The lowest BCUT2D eigenvalue weighted by Crippen LogP contribution is -2.02. The molecule has 6 heteroatoms. The zero-order valence-corrected chi connectivity index (χ0v) is 12.0. The van der Waals surface area contributed by atoms with E-state index in [1.165, 1.54) is 22.5 Å². The van der Waals surface area contributed by atoms with E-state index in [0.29, 0.717) is 11.0 Å². The van der Waals surface area contributed by atoms with Crippen molar-refractivity contribution in [3.05, 3.63) is 57.1 Å². The summed E-state index contributed by atoms with van der Waals surface area (Å²) in [6.45, 7) is 6.09. The lowest BCUT2D eigenvalue weighted by Gasteiger charge is -2.08. The molecule has 6 nitrogen and oxygen atoms in total. The molecule has 0 saturated carbocycles. The summed E-state index contributed by atoms with van der Waals surface area (Å²) in [5, 5.41) is 19.6. The molecule has 0 radical (unpaired) electrons. The standard InChI is InChI=1S/C15H14N4O2/c1-9-6-11(3)15(7-10(9)2)18-16-13-5-4-12(19(20)21)8-14(13)17-18/h4-8H,1-3H3. The van der Waals surface area contributed by atoms with Gasteiger partial charge in [-0.3, -0.25) is 10.1 Å². The van der Waals surface area contributed by atoms with Crippen LogP contribution in [0, 0.1) is 30.9 Å². The first kappa shape index (κ1) is 13.2. The largest absolute Gasteiger partial charge is 0.271 e. The van der Waals surface area contributed by atoms with Crippen LogP contribution in [0.4, 0.5) is 5.69 Å². The molecule has 1 aromatic heterocycles. The van der Waals surface area contributed by atoms with Crippen LogP contribution in [0.2, 0.25) is 0 Å². The second-order valence-corrected chi connectivity index (χ2v) is 5.14. The van der Waals surface area contributed by atoms with Gasteiger partial charge in [0.05, 0.1) is 10.6 Å². The second kappa shape index (κ2) is 4.66. The zero-order chi connectivity index (χ0) is 15.1. The van der Waals surface area contributed by atoms with Gasteiger partial charge < -0.3 is 0 Å². The Labute approximate surface area is 121 Å². The fourth-order valence-corrected chi connectivity index (χ4v) is 2.28. The summed E-state index contributed by atoms with van der Waals surface area (Å²) < 4.78 is 0. The summed E-state index contributed by atoms with van der Waals surface area (Å²) in [4.78, 5) is 11.9. The molecule has 0 aliphatic rings. The van der Waals surface area contributed by atoms with Gasteiger partial charge in [0.2, 0.25) is 0 Å². The number of non-ortho nitro benzene ring substituents is 1. The Morgan fingerprint density at radius 1 is 0.952 bits per heavy atom. The minimum Gasteiger partial charge on any atom is -0.258 e. The Bertz CT molecular complexity index is 867. The molecule has 2 aromatic carbocycles. The molecule has 106 valence electrons. The Balaban J connectivity index is 2.17. The Kier molecular flexibility index (Phi) is 2.94. The highest BCUT2D eigenvalue weighted by Crippen LogP contribution is 2.22. The van der Waals surface area contributed by atoms with Crippen LogP contribution in [-0.4, -0.2) is 19.9 Å². The molecule has 0 atom stereocenters. The van der Waals surface area contributed by atoms with Gasteiger partial charge in [-0.05, 0) is 49.6 Å². The lowest BCUT2D eigenvalue weighted by molar-refractivity contribution is -0.384. The Morgan fingerprint density at radius 3 is 2.33 bits per heavy atom. The van der Waals surface area contributed by atoms with Crippen molar-refractivity contribution < 1.29 is 4.92 Å². The monoisotopic (exact) mass is 282 g/mol. The van der Waals surface area contributed by atoms with Gasteiger partial charge in [0.25, 0.3) is 5.69 Å². The SMILES string of the molecule is Cc1cc(C)c(-n2nc3ccc([N+](=O)[O-])cc3n2)cc1C. The summed E-state index contributed by atoms with van der Waals surface area (Å²) in [6, 6.07) is 8.61. The third-order valence-electron chi connectivity index (χ3n) is 3.60. The highest BCUT2D eigenvalue weighted by molar-refractivity contribution is 5.76. The van der Waals surface area contributed by atoms with Crippen LogP contribution in [0.1, 0.15) is 16.7 Å². The quantitative estimate of drug-likeness (QED) is 0.534. The number of rotatable bonds is 2. The highest BCUT2D eigenvalue weighted by Gasteiger charge is 2.12. The van der Waals surface area contributed by atoms with E-state index in [1.807, 2.05) is 19.9 Å². The van der Waals surface area contributed by atoms with Crippen molar-refractivity contribution in [3.63, 3.8) is 0 Å². The van der Waals surface area contributed by atoms with Crippen molar-refractivity contribution in [3.8, 4) is 5.69 Å². The number of hydrogen-bond donors (Lipinski definition) is 0. The molecule has 0 amide bonds. The van der Waals surface area contributed by atoms with E-state index < -0.39 is 4.92 Å². The van der Waals surface area contributed by atoms with Crippen LogP contribution in [0.25, 0.3) is 16.7 Å². The average molecular weight is 282 g/mol. The number of nitro groups is 1. The maximum atomic E-state index is 10.8. The van der Waals surface area contributed by atoms with Crippen LogP contribution >= 0.6 is 0 Å². The summed E-state index contributed by atoms with van der Waals surface area (Å²) in [5.74, 6) is 0. The first-order valence-electron chi connectivity index (χ1n) is 6.55. The number of hydrogen-bond acceptors (Lipinski definition) is 4. The maximum absolute atomic E-state index is 10.8. The number of benzene rings is 2. The third-order valence-corrected chi connectivity index (χ3v) is 3.60. The van der Waals surface area contributed by atoms with Gasteiger partial charge in [-0.1, -0.05) is 6.07 Å². The molecular weight excluding hydrogens is 268 g/mol. The fourth-order valence-electron chi connectivity index (χ4n) is 2.28. The van der Waals surface area contributed by atoms with Crippen molar-refractivity contribution in [2.24, 2.45) is 0 Å². The lowest BCUT2D eigenvalue weighted by atomic mass is 10.1.